The summed E-state index contributed by atoms with van der Waals surface area (Å²) in [7, 11) is 3.95. The topological polar surface area (TPSA) is 152 Å². The standard InChI is InChI=1S/C37H35N3O9/c1-19-10-12-21(13-11-19)38-40-33(43)26-18-25-23(14-15-24-29(25)34(44)39(32(24)42)36(46)49-4)31(30-27(47-2)16-22(41)17-28(30)48-3)37(26,35(40)45)20-8-6-5-7-9-20/h5-14,16-17,24-26,29,31,38,41H,15,18H2,1-4H3. The molecule has 7 rings (SSSR count). The quantitative estimate of drug-likeness (QED) is 0.285. The molecule has 3 fully saturated rings. The fourth-order valence-electron chi connectivity index (χ4n) is 8.54. The van der Waals surface area contributed by atoms with Gasteiger partial charge in [0, 0.05) is 23.6 Å². The number of anilines is 1. The molecule has 0 radical (unpaired) electrons. The summed E-state index contributed by atoms with van der Waals surface area (Å²) in [6, 6.07) is 19.1. The molecule has 2 heterocycles. The fraction of sp³-hybridized carbons (Fsp3) is 0.324. The number of hydrogen-bond acceptors (Lipinski definition) is 10. The van der Waals surface area contributed by atoms with Gasteiger partial charge in [0.1, 0.15) is 17.2 Å². The summed E-state index contributed by atoms with van der Waals surface area (Å²) in [4.78, 5) is 70.7. The molecule has 2 aliphatic heterocycles. The maximum absolute atomic E-state index is 15.3. The minimum absolute atomic E-state index is 0.0335. The van der Waals surface area contributed by atoms with E-state index in [1.54, 1.807) is 36.4 Å². The van der Waals surface area contributed by atoms with Gasteiger partial charge in [-0.25, -0.2) is 4.79 Å². The van der Waals surface area contributed by atoms with Crippen LogP contribution in [0.25, 0.3) is 0 Å². The van der Waals surface area contributed by atoms with Gasteiger partial charge in [-0.15, -0.1) is 0 Å². The summed E-state index contributed by atoms with van der Waals surface area (Å²) in [6.45, 7) is 1.93. The fourth-order valence-corrected chi connectivity index (χ4v) is 8.54. The number of carbonyl (C=O) groups excluding carboxylic acids is 5. The van der Waals surface area contributed by atoms with Crippen LogP contribution in [0.3, 0.4) is 0 Å². The highest BCUT2D eigenvalue weighted by Crippen LogP contribution is 2.66. The van der Waals surface area contributed by atoms with Gasteiger partial charge in [0.05, 0.1) is 50.2 Å². The van der Waals surface area contributed by atoms with Crippen LogP contribution in [-0.4, -0.2) is 66.1 Å². The van der Waals surface area contributed by atoms with Crippen molar-refractivity contribution in [2.45, 2.75) is 31.1 Å². The molecule has 49 heavy (non-hydrogen) atoms. The lowest BCUT2D eigenvalue weighted by atomic mass is 9.49. The van der Waals surface area contributed by atoms with Crippen LogP contribution in [0, 0.1) is 30.6 Å². The van der Waals surface area contributed by atoms with Crippen molar-refractivity contribution in [2.75, 3.05) is 26.8 Å². The van der Waals surface area contributed by atoms with Crippen LogP contribution < -0.4 is 14.9 Å². The average molecular weight is 666 g/mol. The first-order valence-corrected chi connectivity index (χ1v) is 16.0. The first-order valence-electron chi connectivity index (χ1n) is 16.0. The number of hydrazine groups is 1. The summed E-state index contributed by atoms with van der Waals surface area (Å²) < 4.78 is 16.5. The van der Waals surface area contributed by atoms with Gasteiger partial charge in [0.2, 0.25) is 11.8 Å². The molecule has 12 nitrogen and oxygen atoms in total. The van der Waals surface area contributed by atoms with Crippen molar-refractivity contribution < 1.29 is 43.3 Å². The molecule has 5 amide bonds. The van der Waals surface area contributed by atoms with E-state index in [-0.39, 0.29) is 30.1 Å². The maximum Gasteiger partial charge on any atom is 0.423 e. The van der Waals surface area contributed by atoms with Gasteiger partial charge in [-0.2, -0.15) is 9.91 Å². The van der Waals surface area contributed by atoms with Crippen LogP contribution in [0.4, 0.5) is 10.5 Å². The number of rotatable bonds is 6. The number of hydrogen-bond donors (Lipinski definition) is 2. The van der Waals surface area contributed by atoms with Crippen LogP contribution in [-0.2, 0) is 29.3 Å². The SMILES string of the molecule is COC(=O)N1C(=O)C2CC=C3C(CC4C(=O)N(Nc5ccc(C)cc5)C(=O)C4(c4ccccc4)C3c3c(OC)cc(O)cc3OC)C2C1=O. The predicted octanol–water partition coefficient (Wildman–Crippen LogP) is 4.47. The van der Waals surface area contributed by atoms with Crippen molar-refractivity contribution in [3.63, 3.8) is 0 Å². The third-order valence-corrected chi connectivity index (χ3v) is 10.6. The monoisotopic (exact) mass is 665 g/mol. The molecule has 12 heteroatoms. The number of carbonyl (C=O) groups is 5. The molecule has 0 bridgehead atoms. The van der Waals surface area contributed by atoms with E-state index >= 15 is 4.79 Å². The smallest absolute Gasteiger partial charge is 0.423 e. The zero-order valence-electron chi connectivity index (χ0n) is 27.3. The number of likely N-dealkylation sites (tertiary alicyclic amines) is 1. The molecule has 3 aromatic carbocycles. The number of nitrogens with one attached hydrogen (secondary N) is 1. The average Bonchev–Trinajstić information content (AvgIpc) is 3.49. The zero-order valence-corrected chi connectivity index (χ0v) is 27.3. The number of aryl methyl sites for hydroxylation is 1. The highest BCUT2D eigenvalue weighted by molar-refractivity contribution is 6.16. The summed E-state index contributed by atoms with van der Waals surface area (Å²) >= 11 is 0. The normalized spacial score (nSPS) is 27.3. The van der Waals surface area contributed by atoms with Crippen molar-refractivity contribution in [2.24, 2.45) is 23.7 Å². The molecule has 2 aliphatic carbocycles. The van der Waals surface area contributed by atoms with Crippen LogP contribution in [0.1, 0.15) is 35.4 Å². The number of benzene rings is 3. The van der Waals surface area contributed by atoms with Gasteiger partial charge in [-0.1, -0.05) is 59.7 Å². The molecule has 4 aliphatic rings. The highest BCUT2D eigenvalue weighted by atomic mass is 16.5. The van der Waals surface area contributed by atoms with Gasteiger partial charge < -0.3 is 19.3 Å². The Balaban J connectivity index is 1.50. The number of aromatic hydroxyl groups is 1. The van der Waals surface area contributed by atoms with Crippen molar-refractivity contribution in [3.8, 4) is 17.2 Å². The van der Waals surface area contributed by atoms with Gasteiger partial charge >= 0.3 is 6.09 Å². The Morgan fingerprint density at radius 3 is 2.14 bits per heavy atom. The number of imide groups is 4. The number of fused-ring (bicyclic) bond motifs is 4. The third-order valence-electron chi connectivity index (χ3n) is 10.6. The van der Waals surface area contributed by atoms with Crippen molar-refractivity contribution in [1.82, 2.24) is 9.91 Å². The molecule has 0 aromatic heterocycles. The Morgan fingerprint density at radius 2 is 1.53 bits per heavy atom. The van der Waals surface area contributed by atoms with E-state index in [9.17, 15) is 24.3 Å². The van der Waals surface area contributed by atoms with E-state index in [0.29, 0.717) is 27.3 Å². The van der Waals surface area contributed by atoms with E-state index in [0.717, 1.165) is 17.7 Å². The molecule has 0 spiro atoms. The zero-order chi connectivity index (χ0) is 34.8. The molecule has 6 atom stereocenters. The minimum Gasteiger partial charge on any atom is -0.508 e. The Bertz CT molecular complexity index is 1900. The van der Waals surface area contributed by atoms with Gasteiger partial charge in [-0.05, 0) is 43.4 Å². The molecule has 6 unspecified atom stereocenters. The Labute approximate surface area is 282 Å². The molecule has 252 valence electrons. The number of phenolic OH excluding ortho intramolecular Hbond substituents is 1. The second kappa shape index (κ2) is 11.8. The lowest BCUT2D eigenvalue weighted by Crippen LogP contribution is -2.53. The molecular weight excluding hydrogens is 630 g/mol. The highest BCUT2D eigenvalue weighted by Gasteiger charge is 2.71. The second-order valence-corrected chi connectivity index (χ2v) is 12.8. The second-order valence-electron chi connectivity index (χ2n) is 12.8. The number of methoxy groups -OCH3 is 3. The number of phenols is 1. The largest absolute Gasteiger partial charge is 0.508 e. The van der Waals surface area contributed by atoms with Gasteiger partial charge in [0.25, 0.3) is 11.8 Å². The maximum atomic E-state index is 15.3. The molecule has 2 N–H and O–H groups in total. The molecule has 3 aromatic rings. The molecular formula is C37H35N3O9. The third kappa shape index (κ3) is 4.53. The van der Waals surface area contributed by atoms with E-state index in [4.69, 9.17) is 14.2 Å². The minimum atomic E-state index is -1.59. The summed E-state index contributed by atoms with van der Waals surface area (Å²) in [5.74, 6) is -6.73. The number of amides is 5. The summed E-state index contributed by atoms with van der Waals surface area (Å²) in [5.41, 5.74) is 4.56. The molecule has 2 saturated heterocycles. The van der Waals surface area contributed by atoms with Crippen molar-refractivity contribution in [3.05, 3.63) is 95.1 Å². The number of ether oxygens (including phenoxy) is 3. The lowest BCUT2D eigenvalue weighted by Gasteiger charge is -2.51. The van der Waals surface area contributed by atoms with E-state index in [2.05, 4.69) is 5.43 Å². The predicted molar refractivity (Wildman–Crippen MR) is 174 cm³/mol. The van der Waals surface area contributed by atoms with Crippen molar-refractivity contribution in [1.29, 1.82) is 0 Å². The van der Waals surface area contributed by atoms with Gasteiger partial charge in [-0.3, -0.25) is 24.6 Å². The van der Waals surface area contributed by atoms with E-state index in [1.807, 2.05) is 31.2 Å². The first kappa shape index (κ1) is 31.9. The summed E-state index contributed by atoms with van der Waals surface area (Å²) in [6.07, 6.45) is 0.922. The van der Waals surface area contributed by atoms with Crippen molar-refractivity contribution >= 4 is 35.4 Å². The lowest BCUT2D eigenvalue weighted by molar-refractivity contribution is -0.140. The first-order chi connectivity index (χ1) is 23.6. The summed E-state index contributed by atoms with van der Waals surface area (Å²) in [5, 5.41) is 11.7. The van der Waals surface area contributed by atoms with E-state index in [1.165, 1.54) is 26.4 Å². The van der Waals surface area contributed by atoms with Crippen LogP contribution in [0.15, 0.2) is 78.4 Å². The van der Waals surface area contributed by atoms with Crippen LogP contribution >= 0.6 is 0 Å². The van der Waals surface area contributed by atoms with Gasteiger partial charge in [0.15, 0.2) is 0 Å². The van der Waals surface area contributed by atoms with E-state index < -0.39 is 64.7 Å². The Kier molecular flexibility index (Phi) is 7.69. The van der Waals surface area contributed by atoms with Crippen LogP contribution in [0.5, 0.6) is 17.2 Å². The molecule has 1 saturated carbocycles. The number of nitrogens with zero attached hydrogens (tertiary/aromatic N) is 2. The number of allylic oxidation sites excluding steroid dienone is 2. The Hall–Kier alpha value is -5.65. The van der Waals surface area contributed by atoms with Crippen LogP contribution in [0.2, 0.25) is 0 Å². The Morgan fingerprint density at radius 1 is 0.878 bits per heavy atom.